The molecule has 0 radical (unpaired) electrons. The summed E-state index contributed by atoms with van der Waals surface area (Å²) in [5, 5.41) is 11.0. The largest absolute Gasteiger partial charge is 0.396 e. The van der Waals surface area contributed by atoms with Crippen LogP contribution >= 0.6 is 0 Å². The van der Waals surface area contributed by atoms with E-state index in [1.54, 1.807) is 30.6 Å². The number of aromatic nitrogens is 1. The molecule has 22 heavy (non-hydrogen) atoms. The first-order valence-electron chi connectivity index (χ1n) is 7.42. The normalized spacial score (nSPS) is 25.6. The molecule has 0 aliphatic heterocycles. The van der Waals surface area contributed by atoms with Crippen molar-refractivity contribution in [3.8, 4) is 0 Å². The number of nitrogens with zero attached hydrogens (tertiary/aromatic N) is 1. The van der Waals surface area contributed by atoms with E-state index in [9.17, 15) is 13.5 Å². The Morgan fingerprint density at radius 3 is 3.00 bits per heavy atom. The van der Waals surface area contributed by atoms with Crippen LogP contribution in [0.3, 0.4) is 0 Å². The van der Waals surface area contributed by atoms with Crippen LogP contribution in [0.25, 0.3) is 10.8 Å². The van der Waals surface area contributed by atoms with E-state index < -0.39 is 10.0 Å². The quantitative estimate of drug-likeness (QED) is 0.904. The maximum Gasteiger partial charge on any atom is 0.241 e. The van der Waals surface area contributed by atoms with Gasteiger partial charge < -0.3 is 5.11 Å². The first-order chi connectivity index (χ1) is 10.5. The van der Waals surface area contributed by atoms with Crippen LogP contribution in [-0.2, 0) is 10.0 Å². The summed E-state index contributed by atoms with van der Waals surface area (Å²) in [7, 11) is -3.64. The molecule has 0 bridgehead atoms. The monoisotopic (exact) mass is 320 g/mol. The van der Waals surface area contributed by atoms with Crippen LogP contribution < -0.4 is 4.72 Å². The number of hydrogen-bond donors (Lipinski definition) is 2. The number of pyridine rings is 1. The molecule has 1 aromatic heterocycles. The molecule has 2 aromatic rings. The predicted molar refractivity (Wildman–Crippen MR) is 84.9 cm³/mol. The highest BCUT2D eigenvalue weighted by molar-refractivity contribution is 7.89. The second kappa shape index (κ2) is 5.61. The molecule has 2 atom stereocenters. The van der Waals surface area contributed by atoms with Crippen molar-refractivity contribution >= 4 is 20.8 Å². The molecule has 1 fully saturated rings. The van der Waals surface area contributed by atoms with Crippen LogP contribution in [0.2, 0.25) is 0 Å². The van der Waals surface area contributed by atoms with Crippen molar-refractivity contribution in [1.82, 2.24) is 9.71 Å². The Morgan fingerprint density at radius 2 is 2.23 bits per heavy atom. The molecular weight excluding hydrogens is 300 g/mol. The summed E-state index contributed by atoms with van der Waals surface area (Å²) >= 11 is 0. The number of aliphatic hydroxyl groups is 1. The van der Waals surface area contributed by atoms with Gasteiger partial charge in [0.2, 0.25) is 10.0 Å². The van der Waals surface area contributed by atoms with Gasteiger partial charge in [0, 0.05) is 41.2 Å². The Morgan fingerprint density at radius 1 is 1.41 bits per heavy atom. The predicted octanol–water partition coefficient (Wildman–Crippen LogP) is 2.06. The Bertz CT molecular complexity index is 786. The zero-order valence-electron chi connectivity index (χ0n) is 12.5. The Hall–Kier alpha value is -1.50. The van der Waals surface area contributed by atoms with E-state index in [2.05, 4.69) is 9.71 Å². The molecule has 0 spiro atoms. The second-order valence-electron chi connectivity index (χ2n) is 6.23. The van der Waals surface area contributed by atoms with E-state index in [-0.39, 0.29) is 23.0 Å². The first kappa shape index (κ1) is 15.4. The molecule has 0 amide bonds. The van der Waals surface area contributed by atoms with E-state index in [0.717, 1.165) is 24.6 Å². The van der Waals surface area contributed by atoms with Crippen molar-refractivity contribution in [1.29, 1.82) is 0 Å². The molecule has 1 aliphatic rings. The molecule has 2 unspecified atom stereocenters. The van der Waals surface area contributed by atoms with E-state index in [1.807, 2.05) is 13.0 Å². The molecule has 3 rings (SSSR count). The first-order valence-corrected chi connectivity index (χ1v) is 8.90. The number of nitrogens with one attached hydrogen (secondary N) is 1. The third-order valence-electron chi connectivity index (χ3n) is 4.67. The number of fused-ring (bicyclic) bond motifs is 1. The third-order valence-corrected chi connectivity index (χ3v) is 6.20. The van der Waals surface area contributed by atoms with Crippen molar-refractivity contribution in [2.45, 2.75) is 37.1 Å². The summed E-state index contributed by atoms with van der Waals surface area (Å²) in [4.78, 5) is 4.29. The van der Waals surface area contributed by atoms with Gasteiger partial charge in [0.15, 0.2) is 0 Å². The smallest absolute Gasteiger partial charge is 0.241 e. The Balaban J connectivity index is 1.99. The van der Waals surface area contributed by atoms with Crippen molar-refractivity contribution in [3.63, 3.8) is 0 Å². The lowest BCUT2D eigenvalue weighted by Gasteiger charge is -2.30. The molecule has 1 aromatic carbocycles. The van der Waals surface area contributed by atoms with Gasteiger partial charge in [-0.1, -0.05) is 25.5 Å². The number of rotatable bonds is 4. The molecule has 118 valence electrons. The van der Waals surface area contributed by atoms with Crippen LogP contribution in [0.1, 0.15) is 26.2 Å². The molecule has 1 saturated carbocycles. The molecule has 1 aliphatic carbocycles. The van der Waals surface area contributed by atoms with Gasteiger partial charge in [-0.15, -0.1) is 0 Å². The average molecular weight is 320 g/mol. The van der Waals surface area contributed by atoms with Crippen molar-refractivity contribution in [2.75, 3.05) is 6.61 Å². The van der Waals surface area contributed by atoms with Gasteiger partial charge in [0.05, 0.1) is 4.90 Å². The van der Waals surface area contributed by atoms with Crippen LogP contribution in [-0.4, -0.2) is 31.2 Å². The van der Waals surface area contributed by atoms with E-state index >= 15 is 0 Å². The van der Waals surface area contributed by atoms with Gasteiger partial charge >= 0.3 is 0 Å². The zero-order chi connectivity index (χ0) is 15.8. The van der Waals surface area contributed by atoms with Gasteiger partial charge in [0.1, 0.15) is 0 Å². The molecule has 1 heterocycles. The SMILES string of the molecule is CC1(CO)CCCC1NS(=O)(=O)c1cccc2cnccc12. The molecule has 5 nitrogen and oxygen atoms in total. The van der Waals surface area contributed by atoms with Crippen LogP contribution in [0.15, 0.2) is 41.6 Å². The van der Waals surface area contributed by atoms with Crippen LogP contribution in [0, 0.1) is 5.41 Å². The summed E-state index contributed by atoms with van der Waals surface area (Å²) in [6, 6.07) is 6.65. The summed E-state index contributed by atoms with van der Waals surface area (Å²) in [6.45, 7) is 1.92. The topological polar surface area (TPSA) is 79.3 Å². The van der Waals surface area contributed by atoms with Crippen LogP contribution in [0.5, 0.6) is 0 Å². The minimum atomic E-state index is -3.64. The maximum absolute atomic E-state index is 12.8. The van der Waals surface area contributed by atoms with Crippen molar-refractivity contribution < 1.29 is 13.5 Å². The van der Waals surface area contributed by atoms with E-state index in [4.69, 9.17) is 0 Å². The maximum atomic E-state index is 12.8. The highest BCUT2D eigenvalue weighted by Gasteiger charge is 2.40. The minimum absolute atomic E-state index is 0.0142. The fraction of sp³-hybridized carbons (Fsp3) is 0.438. The van der Waals surface area contributed by atoms with Gasteiger partial charge in [-0.2, -0.15) is 0 Å². The van der Waals surface area contributed by atoms with Crippen LogP contribution in [0.4, 0.5) is 0 Å². The fourth-order valence-electron chi connectivity index (χ4n) is 3.20. The van der Waals surface area contributed by atoms with Crippen molar-refractivity contribution in [3.05, 3.63) is 36.7 Å². The third kappa shape index (κ3) is 2.62. The highest BCUT2D eigenvalue weighted by atomic mass is 32.2. The summed E-state index contributed by atoms with van der Waals surface area (Å²) in [5.41, 5.74) is -0.390. The summed E-state index contributed by atoms with van der Waals surface area (Å²) in [6.07, 6.45) is 5.75. The average Bonchev–Trinajstić information content (AvgIpc) is 2.87. The Labute approximate surface area is 130 Å². The number of aliphatic hydroxyl groups excluding tert-OH is 1. The lowest BCUT2D eigenvalue weighted by Crippen LogP contribution is -2.44. The summed E-state index contributed by atoms with van der Waals surface area (Å²) < 4.78 is 28.4. The van der Waals surface area contributed by atoms with Gasteiger partial charge in [-0.25, -0.2) is 13.1 Å². The van der Waals surface area contributed by atoms with Gasteiger partial charge in [0.25, 0.3) is 0 Å². The van der Waals surface area contributed by atoms with E-state index in [1.165, 1.54) is 0 Å². The number of hydrogen-bond acceptors (Lipinski definition) is 4. The summed E-state index contributed by atoms with van der Waals surface area (Å²) in [5.74, 6) is 0. The lowest BCUT2D eigenvalue weighted by molar-refractivity contribution is 0.127. The van der Waals surface area contributed by atoms with Gasteiger partial charge in [-0.3, -0.25) is 4.98 Å². The number of sulfonamides is 1. The Kier molecular flexibility index (Phi) is 3.92. The molecular formula is C16H20N2O3S. The number of benzene rings is 1. The second-order valence-corrected chi connectivity index (χ2v) is 7.91. The zero-order valence-corrected chi connectivity index (χ0v) is 13.3. The lowest BCUT2D eigenvalue weighted by atomic mass is 9.86. The minimum Gasteiger partial charge on any atom is -0.396 e. The highest BCUT2D eigenvalue weighted by Crippen LogP contribution is 2.38. The molecule has 2 N–H and O–H groups in total. The standard InChI is InChI=1S/C16H20N2O3S/c1-16(11-19)8-3-6-15(16)18-22(20,21)14-5-2-4-12-10-17-9-7-13(12)14/h2,4-5,7,9-10,15,18-19H,3,6,8,11H2,1H3. The fourth-order valence-corrected chi connectivity index (χ4v) is 4.84. The van der Waals surface area contributed by atoms with Gasteiger partial charge in [-0.05, 0) is 25.0 Å². The molecule has 6 heteroatoms. The molecule has 0 saturated heterocycles. The van der Waals surface area contributed by atoms with E-state index in [0.29, 0.717) is 5.39 Å². The van der Waals surface area contributed by atoms with Crippen molar-refractivity contribution in [2.24, 2.45) is 5.41 Å².